The van der Waals surface area contributed by atoms with E-state index in [1.54, 1.807) is 0 Å². The molecule has 0 atom stereocenters. The maximum atomic E-state index is 12.2. The summed E-state index contributed by atoms with van der Waals surface area (Å²) in [6, 6.07) is 5.78. The van der Waals surface area contributed by atoms with Crippen molar-refractivity contribution in [2.75, 3.05) is 13.2 Å². The summed E-state index contributed by atoms with van der Waals surface area (Å²) in [6.07, 6.45) is 3.83. The second-order valence-corrected chi connectivity index (χ2v) is 6.15. The zero-order valence-electron chi connectivity index (χ0n) is 11.1. The number of nitrogens with zero attached hydrogens (tertiary/aromatic N) is 1. The van der Waals surface area contributed by atoms with Gasteiger partial charge in [0.2, 0.25) is 0 Å². The topological polar surface area (TPSA) is 54.3 Å². The van der Waals surface area contributed by atoms with Crippen LogP contribution in [-0.4, -0.2) is 28.7 Å². The van der Waals surface area contributed by atoms with Crippen LogP contribution >= 0.6 is 11.3 Å². The second kappa shape index (κ2) is 5.59. The molecule has 0 fully saturated rings. The molecule has 0 aliphatic carbocycles. The minimum absolute atomic E-state index is 0.0438. The van der Waals surface area contributed by atoms with E-state index in [4.69, 9.17) is 0 Å². The first kappa shape index (κ1) is 13.8. The van der Waals surface area contributed by atoms with Crippen LogP contribution in [-0.2, 0) is 0 Å². The van der Waals surface area contributed by atoms with Crippen LogP contribution in [0.3, 0.4) is 0 Å². The van der Waals surface area contributed by atoms with Gasteiger partial charge in [-0.05, 0) is 23.6 Å². The summed E-state index contributed by atoms with van der Waals surface area (Å²) in [5.74, 6) is -0.0970. The van der Waals surface area contributed by atoms with Crippen LogP contribution in [0.4, 0.5) is 0 Å². The Balaban J connectivity index is 2.11. The van der Waals surface area contributed by atoms with E-state index in [9.17, 15) is 9.90 Å². The normalized spacial score (nSPS) is 11.5. The fourth-order valence-corrected chi connectivity index (χ4v) is 2.43. The number of thiophene rings is 1. The lowest BCUT2D eigenvalue weighted by molar-refractivity contribution is 0.0915. The molecule has 4 nitrogen and oxygen atoms in total. The predicted octanol–water partition coefficient (Wildman–Crippen LogP) is 2.29. The zero-order chi connectivity index (χ0) is 13.9. The molecule has 102 valence electrons. The van der Waals surface area contributed by atoms with Gasteiger partial charge in [-0.1, -0.05) is 13.8 Å². The fourth-order valence-electron chi connectivity index (χ4n) is 1.63. The zero-order valence-corrected chi connectivity index (χ0v) is 11.9. The van der Waals surface area contributed by atoms with E-state index in [1.807, 2.05) is 54.4 Å². The van der Waals surface area contributed by atoms with Crippen LogP contribution in [0.2, 0.25) is 0 Å². The number of hydrogen-bond acceptors (Lipinski definition) is 3. The van der Waals surface area contributed by atoms with E-state index in [2.05, 4.69) is 5.32 Å². The molecule has 19 heavy (non-hydrogen) atoms. The molecule has 1 amide bonds. The molecular formula is C14H18N2O2S. The Hall–Kier alpha value is -1.59. The molecule has 0 aliphatic heterocycles. The Labute approximate surface area is 116 Å². The van der Waals surface area contributed by atoms with Gasteiger partial charge >= 0.3 is 0 Å². The fraction of sp³-hybridized carbons (Fsp3) is 0.357. The van der Waals surface area contributed by atoms with Crippen molar-refractivity contribution in [3.8, 4) is 5.69 Å². The van der Waals surface area contributed by atoms with E-state index in [1.165, 1.54) is 11.3 Å². The highest BCUT2D eigenvalue weighted by Crippen LogP contribution is 2.21. The minimum Gasteiger partial charge on any atom is -0.396 e. The molecule has 2 heterocycles. The first-order valence-electron chi connectivity index (χ1n) is 6.13. The Morgan fingerprint density at radius 1 is 1.42 bits per heavy atom. The maximum absolute atomic E-state index is 12.2. The number of hydrogen-bond donors (Lipinski definition) is 2. The van der Waals surface area contributed by atoms with Gasteiger partial charge in [0.15, 0.2) is 0 Å². The van der Waals surface area contributed by atoms with Crippen molar-refractivity contribution in [2.45, 2.75) is 13.8 Å². The lowest BCUT2D eigenvalue weighted by Gasteiger charge is -2.21. The predicted molar refractivity (Wildman–Crippen MR) is 76.8 cm³/mol. The van der Waals surface area contributed by atoms with Gasteiger partial charge in [-0.3, -0.25) is 4.79 Å². The van der Waals surface area contributed by atoms with Gasteiger partial charge in [0.05, 0.1) is 5.69 Å². The largest absolute Gasteiger partial charge is 0.396 e. The summed E-state index contributed by atoms with van der Waals surface area (Å²) in [5, 5.41) is 14.0. The number of aliphatic hydroxyl groups excluding tert-OH is 1. The first-order chi connectivity index (χ1) is 9.03. The summed E-state index contributed by atoms with van der Waals surface area (Å²) in [7, 11) is 0. The lowest BCUT2D eigenvalue weighted by Crippen LogP contribution is -2.36. The van der Waals surface area contributed by atoms with Crippen molar-refractivity contribution in [3.63, 3.8) is 0 Å². The van der Waals surface area contributed by atoms with E-state index in [0.29, 0.717) is 11.4 Å². The molecule has 0 bridgehead atoms. The van der Waals surface area contributed by atoms with Gasteiger partial charge < -0.3 is 15.0 Å². The van der Waals surface area contributed by atoms with Gasteiger partial charge in [0.1, 0.15) is 4.88 Å². The highest BCUT2D eigenvalue weighted by atomic mass is 32.1. The van der Waals surface area contributed by atoms with Gasteiger partial charge in [-0.2, -0.15) is 0 Å². The molecule has 0 spiro atoms. The third-order valence-electron chi connectivity index (χ3n) is 2.89. The molecule has 0 radical (unpaired) electrons. The second-order valence-electron chi connectivity index (χ2n) is 5.23. The highest BCUT2D eigenvalue weighted by molar-refractivity contribution is 7.12. The van der Waals surface area contributed by atoms with E-state index in [0.717, 1.165) is 5.69 Å². The molecule has 0 aliphatic rings. The molecule has 2 N–H and O–H groups in total. The standard InChI is InChI=1S/C14H18N2O2S/c1-14(2,10-17)9-15-13(18)12-11(5-8-19-12)16-6-3-4-7-16/h3-8,17H,9-10H2,1-2H3,(H,15,18). The molecular weight excluding hydrogens is 260 g/mol. The average Bonchev–Trinajstić information content (AvgIpc) is 3.05. The van der Waals surface area contributed by atoms with Gasteiger partial charge in [-0.25, -0.2) is 0 Å². The summed E-state index contributed by atoms with van der Waals surface area (Å²) < 4.78 is 1.92. The Morgan fingerprint density at radius 3 is 2.74 bits per heavy atom. The third kappa shape index (κ3) is 3.24. The molecule has 0 aromatic carbocycles. The van der Waals surface area contributed by atoms with Crippen LogP contribution in [0.5, 0.6) is 0 Å². The number of nitrogens with one attached hydrogen (secondary N) is 1. The number of aliphatic hydroxyl groups is 1. The van der Waals surface area contributed by atoms with E-state index >= 15 is 0 Å². The smallest absolute Gasteiger partial charge is 0.263 e. The quantitative estimate of drug-likeness (QED) is 0.881. The third-order valence-corrected chi connectivity index (χ3v) is 3.79. The molecule has 0 saturated heterocycles. The lowest BCUT2D eigenvalue weighted by atomic mass is 9.95. The number of rotatable bonds is 5. The van der Waals surface area contributed by atoms with E-state index in [-0.39, 0.29) is 17.9 Å². The van der Waals surface area contributed by atoms with Crippen LogP contribution in [0.1, 0.15) is 23.5 Å². The van der Waals surface area contributed by atoms with Crippen LogP contribution in [0.25, 0.3) is 5.69 Å². The minimum atomic E-state index is -0.305. The molecule has 2 aromatic heterocycles. The number of carbonyl (C=O) groups is 1. The van der Waals surface area contributed by atoms with Crippen LogP contribution < -0.4 is 5.32 Å². The summed E-state index contributed by atoms with van der Waals surface area (Å²) in [6.45, 7) is 4.32. The monoisotopic (exact) mass is 278 g/mol. The Bertz CT molecular complexity index is 544. The molecule has 2 aromatic rings. The maximum Gasteiger partial charge on any atom is 0.263 e. The highest BCUT2D eigenvalue weighted by Gasteiger charge is 2.20. The van der Waals surface area contributed by atoms with Crippen molar-refractivity contribution in [2.24, 2.45) is 5.41 Å². The van der Waals surface area contributed by atoms with Crippen molar-refractivity contribution in [1.82, 2.24) is 9.88 Å². The van der Waals surface area contributed by atoms with E-state index < -0.39 is 0 Å². The molecule has 2 rings (SSSR count). The van der Waals surface area contributed by atoms with Crippen LogP contribution in [0.15, 0.2) is 36.0 Å². The van der Waals surface area contributed by atoms with Crippen LogP contribution in [0, 0.1) is 5.41 Å². The molecule has 0 saturated carbocycles. The Morgan fingerprint density at radius 2 is 2.11 bits per heavy atom. The number of amides is 1. The van der Waals surface area contributed by atoms with Crippen molar-refractivity contribution in [1.29, 1.82) is 0 Å². The van der Waals surface area contributed by atoms with Gasteiger partial charge in [0.25, 0.3) is 5.91 Å². The molecule has 5 heteroatoms. The Kier molecular flexibility index (Phi) is 4.07. The van der Waals surface area contributed by atoms with Crippen molar-refractivity contribution in [3.05, 3.63) is 40.8 Å². The first-order valence-corrected chi connectivity index (χ1v) is 7.01. The SMILES string of the molecule is CC(C)(CO)CNC(=O)c1sccc1-n1cccc1. The van der Waals surface area contributed by atoms with Gasteiger partial charge in [0, 0.05) is 31.0 Å². The summed E-state index contributed by atoms with van der Waals surface area (Å²) >= 11 is 1.42. The van der Waals surface area contributed by atoms with Crippen molar-refractivity contribution >= 4 is 17.2 Å². The number of carbonyl (C=O) groups excluding carboxylic acids is 1. The van der Waals surface area contributed by atoms with Gasteiger partial charge in [-0.15, -0.1) is 11.3 Å². The average molecular weight is 278 g/mol. The summed E-state index contributed by atoms with van der Waals surface area (Å²) in [4.78, 5) is 12.9. The summed E-state index contributed by atoms with van der Waals surface area (Å²) in [5.41, 5.74) is 0.579. The molecule has 0 unspecified atom stereocenters. The number of aromatic nitrogens is 1. The van der Waals surface area contributed by atoms with Crippen molar-refractivity contribution < 1.29 is 9.90 Å².